The molecule has 6 heteroatoms. The molecule has 2 aromatic rings. The first kappa shape index (κ1) is 14.6. The number of piperidine rings is 1. The predicted molar refractivity (Wildman–Crippen MR) is 88.0 cm³/mol. The van der Waals surface area contributed by atoms with E-state index in [0.29, 0.717) is 23.4 Å². The van der Waals surface area contributed by atoms with Gasteiger partial charge in [0, 0.05) is 31.4 Å². The molecule has 2 aliphatic rings. The van der Waals surface area contributed by atoms with Gasteiger partial charge in [-0.2, -0.15) is 0 Å². The molecule has 4 rings (SSSR count). The normalized spacial score (nSPS) is 27.1. The number of aromatic nitrogens is 3. The van der Waals surface area contributed by atoms with Crippen LogP contribution >= 0.6 is 0 Å². The molecule has 23 heavy (non-hydrogen) atoms. The van der Waals surface area contributed by atoms with Crippen molar-refractivity contribution in [3.05, 3.63) is 24.2 Å². The first-order valence-corrected chi connectivity index (χ1v) is 8.42. The average Bonchev–Trinajstić information content (AvgIpc) is 3.02. The Morgan fingerprint density at radius 1 is 1.26 bits per heavy atom. The van der Waals surface area contributed by atoms with Crippen molar-refractivity contribution in [1.82, 2.24) is 19.4 Å². The summed E-state index contributed by atoms with van der Waals surface area (Å²) in [5.41, 5.74) is 8.46. The minimum atomic E-state index is 0.0577. The number of pyridine rings is 1. The van der Waals surface area contributed by atoms with E-state index in [9.17, 15) is 4.79 Å². The molecule has 6 nitrogen and oxygen atoms in total. The maximum atomic E-state index is 12.8. The van der Waals surface area contributed by atoms with Crippen LogP contribution in [0.3, 0.4) is 0 Å². The third kappa shape index (κ3) is 2.32. The first-order chi connectivity index (χ1) is 11.0. The quantitative estimate of drug-likeness (QED) is 0.917. The lowest BCUT2D eigenvalue weighted by atomic mass is 9.93. The van der Waals surface area contributed by atoms with E-state index in [2.05, 4.69) is 23.8 Å². The van der Waals surface area contributed by atoms with Gasteiger partial charge in [-0.05, 0) is 44.6 Å². The molecule has 1 aliphatic heterocycles. The summed E-state index contributed by atoms with van der Waals surface area (Å²) < 4.78 is 2.02. The van der Waals surface area contributed by atoms with E-state index in [4.69, 9.17) is 5.73 Å². The Balaban J connectivity index is 1.60. The number of hydrogen-bond donors (Lipinski definition) is 1. The molecule has 1 amide bonds. The van der Waals surface area contributed by atoms with Gasteiger partial charge < -0.3 is 15.2 Å². The van der Waals surface area contributed by atoms with Crippen LogP contribution < -0.4 is 5.73 Å². The summed E-state index contributed by atoms with van der Waals surface area (Å²) in [6.07, 6.45) is 5.76. The number of carbonyl (C=O) groups is 1. The number of nitrogens with two attached hydrogens (primary N) is 1. The number of carbonyl (C=O) groups excluding carboxylic acids is 1. The fourth-order valence-corrected chi connectivity index (χ4v) is 4.03. The number of hydrogen-bond acceptors (Lipinski definition) is 4. The van der Waals surface area contributed by atoms with Gasteiger partial charge in [-0.15, -0.1) is 0 Å². The molecular formula is C17H23N5O. The molecule has 0 radical (unpaired) electrons. The van der Waals surface area contributed by atoms with Crippen molar-refractivity contribution in [1.29, 1.82) is 0 Å². The van der Waals surface area contributed by atoms with E-state index in [1.807, 2.05) is 15.5 Å². The summed E-state index contributed by atoms with van der Waals surface area (Å²) in [6, 6.07) is 2.43. The van der Waals surface area contributed by atoms with Gasteiger partial charge in [0.25, 0.3) is 5.91 Å². The monoisotopic (exact) mass is 313 g/mol. The third-order valence-corrected chi connectivity index (χ3v) is 5.41. The van der Waals surface area contributed by atoms with Gasteiger partial charge >= 0.3 is 0 Å². The molecule has 1 unspecified atom stereocenters. The summed E-state index contributed by atoms with van der Waals surface area (Å²) in [5, 5.41) is 0. The fourth-order valence-electron chi connectivity index (χ4n) is 4.03. The van der Waals surface area contributed by atoms with Gasteiger partial charge in [-0.1, -0.05) is 0 Å². The number of nitrogens with zero attached hydrogens (tertiary/aromatic N) is 4. The van der Waals surface area contributed by atoms with Crippen LogP contribution in [0.5, 0.6) is 0 Å². The van der Waals surface area contributed by atoms with Gasteiger partial charge in [-0.25, -0.2) is 9.97 Å². The zero-order valence-corrected chi connectivity index (χ0v) is 13.6. The second kappa shape index (κ2) is 5.30. The first-order valence-electron chi connectivity index (χ1n) is 8.42. The summed E-state index contributed by atoms with van der Waals surface area (Å²) in [7, 11) is 0. The maximum absolute atomic E-state index is 12.8. The van der Waals surface area contributed by atoms with E-state index in [-0.39, 0.29) is 11.9 Å². The molecule has 0 aromatic carbocycles. The molecule has 2 bridgehead atoms. The van der Waals surface area contributed by atoms with Gasteiger partial charge in [-0.3, -0.25) is 4.79 Å². The average molecular weight is 313 g/mol. The molecule has 0 spiro atoms. The van der Waals surface area contributed by atoms with E-state index >= 15 is 0 Å². The van der Waals surface area contributed by atoms with Crippen LogP contribution in [0.25, 0.3) is 11.2 Å². The summed E-state index contributed by atoms with van der Waals surface area (Å²) in [5.74, 6) is 0.964. The highest BCUT2D eigenvalue weighted by molar-refractivity contribution is 5.96. The van der Waals surface area contributed by atoms with E-state index in [0.717, 1.165) is 37.1 Å². The van der Waals surface area contributed by atoms with Crippen LogP contribution in [0.2, 0.25) is 0 Å². The van der Waals surface area contributed by atoms with Crippen LogP contribution in [0, 0.1) is 11.8 Å². The van der Waals surface area contributed by atoms with Crippen molar-refractivity contribution < 1.29 is 4.79 Å². The Morgan fingerprint density at radius 2 is 1.96 bits per heavy atom. The Kier molecular flexibility index (Phi) is 3.37. The lowest BCUT2D eigenvalue weighted by molar-refractivity contribution is 0.0637. The minimum Gasteiger partial charge on any atom is -0.338 e. The number of likely N-dealkylation sites (tertiary alicyclic amines) is 1. The zero-order valence-electron chi connectivity index (χ0n) is 13.6. The summed E-state index contributed by atoms with van der Waals surface area (Å²) in [4.78, 5) is 23.6. The van der Waals surface area contributed by atoms with Crippen molar-refractivity contribution >= 4 is 17.1 Å². The predicted octanol–water partition coefficient (Wildman–Crippen LogP) is 1.82. The number of rotatable bonds is 2. The molecule has 1 saturated heterocycles. The number of imidazole rings is 1. The van der Waals surface area contributed by atoms with E-state index in [1.54, 1.807) is 12.5 Å². The minimum absolute atomic E-state index is 0.0577. The third-order valence-electron chi connectivity index (χ3n) is 5.41. The van der Waals surface area contributed by atoms with Crippen LogP contribution in [-0.4, -0.2) is 44.5 Å². The molecule has 122 valence electrons. The van der Waals surface area contributed by atoms with E-state index in [1.165, 1.54) is 0 Å². The SMILES string of the molecule is CC(C)n1cnc2cc(C(=O)N3C[C@H]4CC[C@@H](C3)C4N)cnc21. The molecule has 2 aromatic heterocycles. The van der Waals surface area contributed by atoms with E-state index < -0.39 is 0 Å². The highest BCUT2D eigenvalue weighted by Crippen LogP contribution is 2.36. The molecule has 3 heterocycles. The second-order valence-corrected chi connectivity index (χ2v) is 7.20. The lowest BCUT2D eigenvalue weighted by Gasteiger charge is -2.36. The highest BCUT2D eigenvalue weighted by Gasteiger charge is 2.41. The van der Waals surface area contributed by atoms with Crippen LogP contribution in [0.15, 0.2) is 18.6 Å². The molecule has 1 saturated carbocycles. The number of fused-ring (bicyclic) bond motifs is 3. The molecule has 2 fully saturated rings. The van der Waals surface area contributed by atoms with Gasteiger partial charge in [0.2, 0.25) is 0 Å². The standard InChI is InChI=1S/C17H23N5O/c1-10(2)22-9-20-14-5-13(6-19-16(14)22)17(23)21-7-11-3-4-12(8-21)15(11)18/h5-6,9-12,15H,3-4,7-8,18H2,1-2H3/t11-,12+,15?. The van der Waals surface area contributed by atoms with Crippen LogP contribution in [0.4, 0.5) is 0 Å². The van der Waals surface area contributed by atoms with Crippen molar-refractivity contribution in [2.45, 2.75) is 38.8 Å². The molecular weight excluding hydrogens is 290 g/mol. The van der Waals surface area contributed by atoms with Crippen molar-refractivity contribution in [3.63, 3.8) is 0 Å². The Bertz CT molecular complexity index is 739. The van der Waals surface area contributed by atoms with Gasteiger partial charge in [0.1, 0.15) is 5.52 Å². The van der Waals surface area contributed by atoms with Crippen molar-refractivity contribution in [2.24, 2.45) is 17.6 Å². The molecule has 3 atom stereocenters. The molecule has 2 N–H and O–H groups in total. The zero-order chi connectivity index (χ0) is 16.1. The number of amides is 1. The topological polar surface area (TPSA) is 77.0 Å². The Hall–Kier alpha value is -1.95. The maximum Gasteiger partial charge on any atom is 0.255 e. The highest BCUT2D eigenvalue weighted by atomic mass is 16.2. The van der Waals surface area contributed by atoms with Crippen molar-refractivity contribution in [3.8, 4) is 0 Å². The largest absolute Gasteiger partial charge is 0.338 e. The Labute approximate surface area is 135 Å². The van der Waals surface area contributed by atoms with Gasteiger partial charge in [0.15, 0.2) is 5.65 Å². The van der Waals surface area contributed by atoms with Gasteiger partial charge in [0.05, 0.1) is 11.9 Å². The van der Waals surface area contributed by atoms with Crippen LogP contribution in [0.1, 0.15) is 43.1 Å². The summed E-state index contributed by atoms with van der Waals surface area (Å²) in [6.45, 7) is 5.73. The van der Waals surface area contributed by atoms with Crippen molar-refractivity contribution in [2.75, 3.05) is 13.1 Å². The smallest absolute Gasteiger partial charge is 0.255 e. The summed E-state index contributed by atoms with van der Waals surface area (Å²) >= 11 is 0. The second-order valence-electron chi connectivity index (χ2n) is 7.20. The fraction of sp³-hybridized carbons (Fsp3) is 0.588. The lowest BCUT2D eigenvalue weighted by Crippen LogP contribution is -2.50. The molecule has 1 aliphatic carbocycles. The van der Waals surface area contributed by atoms with Crippen LogP contribution in [-0.2, 0) is 0 Å². The Morgan fingerprint density at radius 3 is 2.61 bits per heavy atom.